The van der Waals surface area contributed by atoms with Crippen LogP contribution in [0.2, 0.25) is 5.02 Å². The molecule has 0 aliphatic carbocycles. The van der Waals surface area contributed by atoms with Gasteiger partial charge in [0.15, 0.2) is 0 Å². The van der Waals surface area contributed by atoms with E-state index in [2.05, 4.69) is 11.6 Å². The summed E-state index contributed by atoms with van der Waals surface area (Å²) < 4.78 is 12.8. The first-order valence-corrected chi connectivity index (χ1v) is 6.59. The third kappa shape index (κ3) is 4.01. The molecule has 1 aromatic carbocycles. The highest BCUT2D eigenvalue weighted by molar-refractivity contribution is 7.98. The Hall–Kier alpha value is -0.250. The average Bonchev–Trinajstić information content (AvgIpc) is 2.17. The van der Waals surface area contributed by atoms with Gasteiger partial charge in [-0.2, -0.15) is 11.8 Å². The molecular formula is C11H15ClFNS. The van der Waals surface area contributed by atoms with Gasteiger partial charge in [0.05, 0.1) is 0 Å². The third-order valence-corrected chi connectivity index (χ3v) is 3.13. The molecule has 1 unspecified atom stereocenters. The smallest absolute Gasteiger partial charge is 0.124 e. The van der Waals surface area contributed by atoms with Crippen molar-refractivity contribution in [3.05, 3.63) is 34.6 Å². The zero-order valence-corrected chi connectivity index (χ0v) is 10.5. The fourth-order valence-corrected chi connectivity index (χ4v) is 1.99. The zero-order valence-electron chi connectivity index (χ0n) is 8.89. The lowest BCUT2D eigenvalue weighted by molar-refractivity contribution is 0.594. The Labute approximate surface area is 99.4 Å². The maximum Gasteiger partial charge on any atom is 0.124 e. The van der Waals surface area contributed by atoms with Gasteiger partial charge in [0.25, 0.3) is 0 Å². The normalized spacial score (nSPS) is 12.8. The van der Waals surface area contributed by atoms with Crippen LogP contribution < -0.4 is 5.32 Å². The van der Waals surface area contributed by atoms with Crippen molar-refractivity contribution in [1.82, 2.24) is 5.32 Å². The van der Waals surface area contributed by atoms with Crippen molar-refractivity contribution in [1.29, 1.82) is 0 Å². The van der Waals surface area contributed by atoms with Crippen molar-refractivity contribution in [2.45, 2.75) is 13.0 Å². The van der Waals surface area contributed by atoms with E-state index in [0.717, 1.165) is 17.9 Å². The lowest BCUT2D eigenvalue weighted by atomic mass is 10.1. The van der Waals surface area contributed by atoms with Crippen LogP contribution in [0.25, 0.3) is 0 Å². The van der Waals surface area contributed by atoms with E-state index in [1.165, 1.54) is 12.1 Å². The van der Waals surface area contributed by atoms with Crippen molar-refractivity contribution in [3.63, 3.8) is 0 Å². The molecule has 1 rings (SSSR count). The van der Waals surface area contributed by atoms with Crippen LogP contribution >= 0.6 is 23.4 Å². The average molecular weight is 248 g/mol. The molecule has 0 aromatic heterocycles. The highest BCUT2D eigenvalue weighted by Gasteiger charge is 2.09. The molecule has 1 aromatic rings. The molecule has 84 valence electrons. The van der Waals surface area contributed by atoms with Crippen molar-refractivity contribution >= 4 is 23.4 Å². The van der Waals surface area contributed by atoms with Gasteiger partial charge in [0.1, 0.15) is 5.82 Å². The summed E-state index contributed by atoms with van der Waals surface area (Å²) in [5.41, 5.74) is 0.944. The van der Waals surface area contributed by atoms with Gasteiger partial charge < -0.3 is 5.32 Å². The van der Waals surface area contributed by atoms with Gasteiger partial charge in [-0.3, -0.25) is 0 Å². The van der Waals surface area contributed by atoms with Crippen LogP contribution in [-0.4, -0.2) is 18.6 Å². The topological polar surface area (TPSA) is 12.0 Å². The number of rotatable bonds is 5. The lowest BCUT2D eigenvalue weighted by Crippen LogP contribution is -2.21. The first-order chi connectivity index (χ1) is 7.15. The number of thioether (sulfide) groups is 1. The Morgan fingerprint density at radius 3 is 2.87 bits per heavy atom. The van der Waals surface area contributed by atoms with E-state index in [0.29, 0.717) is 5.02 Å². The molecule has 4 heteroatoms. The lowest BCUT2D eigenvalue weighted by Gasteiger charge is -2.15. The van der Waals surface area contributed by atoms with Crippen LogP contribution in [-0.2, 0) is 0 Å². The van der Waals surface area contributed by atoms with Crippen molar-refractivity contribution in [2.75, 3.05) is 18.6 Å². The minimum absolute atomic E-state index is 0.158. The molecular weight excluding hydrogens is 233 g/mol. The van der Waals surface area contributed by atoms with Crippen LogP contribution in [0.15, 0.2) is 18.2 Å². The highest BCUT2D eigenvalue weighted by atomic mass is 35.5. The van der Waals surface area contributed by atoms with Crippen LogP contribution in [0, 0.1) is 5.82 Å². The van der Waals surface area contributed by atoms with E-state index < -0.39 is 0 Å². The zero-order chi connectivity index (χ0) is 11.3. The number of benzene rings is 1. The van der Waals surface area contributed by atoms with Crippen molar-refractivity contribution in [2.24, 2.45) is 0 Å². The molecule has 1 N–H and O–H groups in total. The van der Waals surface area contributed by atoms with E-state index in [4.69, 9.17) is 11.6 Å². The molecule has 15 heavy (non-hydrogen) atoms. The van der Waals surface area contributed by atoms with Gasteiger partial charge >= 0.3 is 0 Å². The summed E-state index contributed by atoms with van der Waals surface area (Å²) in [7, 11) is 0. The molecule has 0 spiro atoms. The predicted octanol–water partition coefficient (Wildman–Crippen LogP) is 3.49. The minimum atomic E-state index is -0.292. The van der Waals surface area contributed by atoms with Crippen LogP contribution in [0.4, 0.5) is 4.39 Å². The van der Waals surface area contributed by atoms with E-state index >= 15 is 0 Å². The molecule has 0 radical (unpaired) electrons. The fraction of sp³-hybridized carbons (Fsp3) is 0.455. The van der Waals surface area contributed by atoms with Gasteiger partial charge in [-0.05, 0) is 30.9 Å². The summed E-state index contributed by atoms with van der Waals surface area (Å²) in [6.07, 6.45) is 2.07. The second-order valence-electron chi connectivity index (χ2n) is 3.33. The van der Waals surface area contributed by atoms with Crippen LogP contribution in [0.3, 0.4) is 0 Å². The van der Waals surface area contributed by atoms with E-state index in [-0.39, 0.29) is 11.9 Å². The molecule has 0 bridgehead atoms. The summed E-state index contributed by atoms with van der Waals surface area (Å²) in [6.45, 7) is 2.95. The van der Waals surface area contributed by atoms with E-state index in [1.54, 1.807) is 17.8 Å². The molecule has 1 atom stereocenters. The second-order valence-corrected chi connectivity index (χ2v) is 4.73. The van der Waals surface area contributed by atoms with Gasteiger partial charge in [-0.1, -0.05) is 17.7 Å². The number of halogens is 2. The first-order valence-electron chi connectivity index (χ1n) is 4.82. The maximum absolute atomic E-state index is 12.8. The monoisotopic (exact) mass is 247 g/mol. The highest BCUT2D eigenvalue weighted by Crippen LogP contribution is 2.23. The van der Waals surface area contributed by atoms with Gasteiger partial charge in [0, 0.05) is 23.4 Å². The molecule has 0 fully saturated rings. The molecule has 0 aliphatic heterocycles. The van der Waals surface area contributed by atoms with Crippen molar-refractivity contribution < 1.29 is 4.39 Å². The van der Waals surface area contributed by atoms with Crippen LogP contribution in [0.5, 0.6) is 0 Å². The quantitative estimate of drug-likeness (QED) is 0.800. The third-order valence-electron chi connectivity index (χ3n) is 2.19. The summed E-state index contributed by atoms with van der Waals surface area (Å²) in [4.78, 5) is 0. The van der Waals surface area contributed by atoms with Gasteiger partial charge in [-0.25, -0.2) is 4.39 Å². The van der Waals surface area contributed by atoms with Crippen molar-refractivity contribution in [3.8, 4) is 0 Å². The maximum atomic E-state index is 12.8. The Kier molecular flexibility index (Phi) is 5.43. The molecule has 0 aliphatic rings. The standard InChI is InChI=1S/C11H15ClFNS/c1-8(14-5-6-15-2)10-4-3-9(13)7-11(10)12/h3-4,7-8,14H,5-6H2,1-2H3. The summed E-state index contributed by atoms with van der Waals surface area (Å²) >= 11 is 7.74. The Morgan fingerprint density at radius 2 is 2.27 bits per heavy atom. The summed E-state index contributed by atoms with van der Waals surface area (Å²) in [5.74, 6) is 0.767. The van der Waals surface area contributed by atoms with E-state index in [9.17, 15) is 4.39 Å². The molecule has 1 nitrogen and oxygen atoms in total. The summed E-state index contributed by atoms with van der Waals surface area (Å²) in [5, 5.41) is 3.82. The number of hydrogen-bond acceptors (Lipinski definition) is 2. The first kappa shape index (κ1) is 12.8. The van der Waals surface area contributed by atoms with Gasteiger partial charge in [-0.15, -0.1) is 0 Å². The molecule has 0 saturated carbocycles. The number of hydrogen-bond donors (Lipinski definition) is 1. The predicted molar refractivity (Wildman–Crippen MR) is 66.2 cm³/mol. The Morgan fingerprint density at radius 1 is 1.53 bits per heavy atom. The molecule has 0 saturated heterocycles. The number of nitrogens with one attached hydrogen (secondary N) is 1. The SMILES string of the molecule is CSCCNC(C)c1ccc(F)cc1Cl. The Bertz CT molecular complexity index is 319. The second kappa shape index (κ2) is 6.36. The largest absolute Gasteiger partial charge is 0.309 e. The van der Waals surface area contributed by atoms with Gasteiger partial charge in [0.2, 0.25) is 0 Å². The minimum Gasteiger partial charge on any atom is -0.309 e. The van der Waals surface area contributed by atoms with E-state index in [1.807, 2.05) is 6.92 Å². The fourth-order valence-electron chi connectivity index (χ4n) is 1.34. The summed E-state index contributed by atoms with van der Waals surface area (Å²) in [6, 6.07) is 4.68. The van der Waals surface area contributed by atoms with Crippen LogP contribution in [0.1, 0.15) is 18.5 Å². The molecule has 0 amide bonds. The Balaban J connectivity index is 2.61. The molecule has 0 heterocycles.